The monoisotopic (exact) mass is 335 g/mol. The fourth-order valence-corrected chi connectivity index (χ4v) is 2.55. The smallest absolute Gasteiger partial charge is 0.323 e. The molecular formula is C19H17N3O3. The summed E-state index contributed by atoms with van der Waals surface area (Å²) >= 11 is 0. The van der Waals surface area contributed by atoms with Crippen LogP contribution in [0.15, 0.2) is 54.7 Å². The molecule has 0 fully saturated rings. The first kappa shape index (κ1) is 16.4. The number of rotatable bonds is 4. The van der Waals surface area contributed by atoms with Crippen LogP contribution in [0.25, 0.3) is 10.9 Å². The van der Waals surface area contributed by atoms with Crippen molar-refractivity contribution in [3.63, 3.8) is 0 Å². The Morgan fingerprint density at radius 3 is 2.60 bits per heavy atom. The molecule has 1 aromatic heterocycles. The number of nitrogens with zero attached hydrogens (tertiary/aromatic N) is 1. The van der Waals surface area contributed by atoms with Crippen molar-refractivity contribution in [3.05, 3.63) is 60.3 Å². The minimum Gasteiger partial charge on any atom is -0.496 e. The van der Waals surface area contributed by atoms with Crippen molar-refractivity contribution in [2.45, 2.75) is 6.92 Å². The molecule has 0 saturated carbocycles. The molecule has 0 aliphatic carbocycles. The number of hydrogen-bond acceptors (Lipinski definition) is 4. The zero-order valence-corrected chi connectivity index (χ0v) is 13.9. The van der Waals surface area contributed by atoms with E-state index >= 15 is 0 Å². The molecule has 2 amide bonds. The quantitative estimate of drug-likeness (QED) is 0.704. The highest BCUT2D eigenvalue weighted by Gasteiger charge is 2.11. The normalized spacial score (nSPS) is 10.3. The van der Waals surface area contributed by atoms with Gasteiger partial charge in [0.2, 0.25) is 0 Å². The number of urea groups is 1. The van der Waals surface area contributed by atoms with Crippen LogP contribution in [-0.4, -0.2) is 23.9 Å². The van der Waals surface area contributed by atoms with Crippen molar-refractivity contribution in [3.8, 4) is 5.75 Å². The lowest BCUT2D eigenvalue weighted by Gasteiger charge is -2.12. The van der Waals surface area contributed by atoms with Crippen molar-refractivity contribution >= 4 is 34.1 Å². The van der Waals surface area contributed by atoms with Crippen LogP contribution in [0.2, 0.25) is 0 Å². The SMILES string of the molecule is COc1ccc(NC(=O)Nc2ccnc3ccccc23)cc1C(C)=O. The van der Waals surface area contributed by atoms with Gasteiger partial charge in [0.15, 0.2) is 5.78 Å². The van der Waals surface area contributed by atoms with Crippen LogP contribution in [0.5, 0.6) is 5.75 Å². The molecule has 1 heterocycles. The number of hydrogen-bond donors (Lipinski definition) is 2. The molecule has 0 bridgehead atoms. The number of aromatic nitrogens is 1. The number of Topliss-reactive ketones (excluding diaryl/α,β-unsaturated/α-hetero) is 1. The Morgan fingerprint density at radius 1 is 1.04 bits per heavy atom. The van der Waals surface area contributed by atoms with Gasteiger partial charge in [-0.3, -0.25) is 9.78 Å². The van der Waals surface area contributed by atoms with E-state index in [4.69, 9.17) is 4.74 Å². The highest BCUT2D eigenvalue weighted by Crippen LogP contribution is 2.24. The summed E-state index contributed by atoms with van der Waals surface area (Å²) in [5.74, 6) is 0.333. The van der Waals surface area contributed by atoms with Gasteiger partial charge in [0.1, 0.15) is 5.75 Å². The molecule has 0 aliphatic rings. The lowest BCUT2D eigenvalue weighted by molar-refractivity contribution is 0.101. The number of ketones is 1. The van der Waals surface area contributed by atoms with Gasteiger partial charge in [-0.1, -0.05) is 18.2 Å². The average Bonchev–Trinajstić information content (AvgIpc) is 2.62. The lowest BCUT2D eigenvalue weighted by Crippen LogP contribution is -2.19. The molecule has 3 aromatic rings. The number of methoxy groups -OCH3 is 1. The Balaban J connectivity index is 1.81. The molecule has 0 radical (unpaired) electrons. The van der Waals surface area contributed by atoms with E-state index in [0.29, 0.717) is 22.7 Å². The molecule has 2 N–H and O–H groups in total. The second-order valence-electron chi connectivity index (χ2n) is 5.43. The number of nitrogens with one attached hydrogen (secondary N) is 2. The van der Waals surface area contributed by atoms with Gasteiger partial charge in [0.05, 0.1) is 23.9 Å². The molecule has 25 heavy (non-hydrogen) atoms. The molecule has 3 rings (SSSR count). The van der Waals surface area contributed by atoms with Gasteiger partial charge in [-0.15, -0.1) is 0 Å². The molecule has 0 atom stereocenters. The summed E-state index contributed by atoms with van der Waals surface area (Å²) in [6.45, 7) is 1.45. The fourth-order valence-electron chi connectivity index (χ4n) is 2.55. The van der Waals surface area contributed by atoms with Crippen LogP contribution in [0, 0.1) is 0 Å². The highest BCUT2D eigenvalue weighted by atomic mass is 16.5. The van der Waals surface area contributed by atoms with Gasteiger partial charge >= 0.3 is 6.03 Å². The number of fused-ring (bicyclic) bond motifs is 1. The largest absolute Gasteiger partial charge is 0.496 e. The molecule has 0 saturated heterocycles. The van der Waals surface area contributed by atoms with E-state index < -0.39 is 6.03 Å². The number of para-hydroxylation sites is 1. The minimum atomic E-state index is -0.406. The van der Waals surface area contributed by atoms with Crippen LogP contribution in [0.1, 0.15) is 17.3 Å². The van der Waals surface area contributed by atoms with E-state index in [0.717, 1.165) is 10.9 Å². The molecule has 0 spiro atoms. The molecule has 0 aliphatic heterocycles. The zero-order chi connectivity index (χ0) is 17.8. The molecular weight excluding hydrogens is 318 g/mol. The highest BCUT2D eigenvalue weighted by molar-refractivity contribution is 6.06. The topological polar surface area (TPSA) is 80.3 Å². The van der Waals surface area contributed by atoms with E-state index in [9.17, 15) is 9.59 Å². The Bertz CT molecular complexity index is 948. The van der Waals surface area contributed by atoms with Gasteiger partial charge in [0, 0.05) is 17.3 Å². The summed E-state index contributed by atoms with van der Waals surface area (Å²) in [6, 6.07) is 13.8. The Morgan fingerprint density at radius 2 is 1.84 bits per heavy atom. The van der Waals surface area contributed by atoms with Gasteiger partial charge in [-0.05, 0) is 37.3 Å². The number of amides is 2. The molecule has 0 unspecified atom stereocenters. The summed E-state index contributed by atoms with van der Waals surface area (Å²) in [5.41, 5.74) is 2.36. The maximum absolute atomic E-state index is 12.3. The van der Waals surface area contributed by atoms with Gasteiger partial charge < -0.3 is 15.4 Å². The Kier molecular flexibility index (Phi) is 4.61. The molecule has 6 nitrogen and oxygen atoms in total. The van der Waals surface area contributed by atoms with Crippen molar-refractivity contribution in [2.75, 3.05) is 17.7 Å². The van der Waals surface area contributed by atoms with Gasteiger partial charge in [-0.25, -0.2) is 4.79 Å². The second-order valence-corrected chi connectivity index (χ2v) is 5.43. The van der Waals surface area contributed by atoms with Crippen molar-refractivity contribution in [2.24, 2.45) is 0 Å². The third kappa shape index (κ3) is 3.58. The summed E-state index contributed by atoms with van der Waals surface area (Å²) < 4.78 is 5.15. The number of carbonyl (C=O) groups excluding carboxylic acids is 2. The minimum absolute atomic E-state index is 0.138. The second kappa shape index (κ2) is 7.00. The van der Waals surface area contributed by atoms with Crippen LogP contribution in [0.3, 0.4) is 0 Å². The van der Waals surface area contributed by atoms with Crippen LogP contribution in [0.4, 0.5) is 16.2 Å². The number of anilines is 2. The standard InChI is InChI=1S/C19H17N3O3/c1-12(23)15-11-13(7-8-18(15)25-2)21-19(24)22-17-9-10-20-16-6-4-3-5-14(16)17/h3-11H,1-2H3,(H2,20,21,22,24). The first-order valence-corrected chi connectivity index (χ1v) is 7.69. The van der Waals surface area contributed by atoms with E-state index in [1.165, 1.54) is 14.0 Å². The van der Waals surface area contributed by atoms with Crippen LogP contribution in [-0.2, 0) is 0 Å². The van der Waals surface area contributed by atoms with Crippen molar-refractivity contribution < 1.29 is 14.3 Å². The molecule has 2 aromatic carbocycles. The van der Waals surface area contributed by atoms with E-state index in [-0.39, 0.29) is 5.78 Å². The Hall–Kier alpha value is -3.41. The maximum atomic E-state index is 12.3. The van der Waals surface area contributed by atoms with Crippen LogP contribution >= 0.6 is 0 Å². The lowest BCUT2D eigenvalue weighted by atomic mass is 10.1. The third-order valence-electron chi connectivity index (χ3n) is 3.73. The summed E-state index contributed by atoms with van der Waals surface area (Å²) in [7, 11) is 1.50. The number of pyridine rings is 1. The van der Waals surface area contributed by atoms with E-state index in [2.05, 4.69) is 15.6 Å². The summed E-state index contributed by atoms with van der Waals surface area (Å²) in [6.07, 6.45) is 1.64. The van der Waals surface area contributed by atoms with Gasteiger partial charge in [0.25, 0.3) is 0 Å². The number of carbonyl (C=O) groups is 2. The summed E-state index contributed by atoms with van der Waals surface area (Å²) in [4.78, 5) is 28.2. The average molecular weight is 335 g/mol. The zero-order valence-electron chi connectivity index (χ0n) is 13.9. The van der Waals surface area contributed by atoms with Gasteiger partial charge in [-0.2, -0.15) is 0 Å². The first-order chi connectivity index (χ1) is 12.1. The number of ether oxygens (including phenoxy) is 1. The van der Waals surface area contributed by atoms with Crippen molar-refractivity contribution in [1.29, 1.82) is 0 Å². The Labute approximate surface area is 144 Å². The predicted molar refractivity (Wildman–Crippen MR) is 97.4 cm³/mol. The molecule has 126 valence electrons. The van der Waals surface area contributed by atoms with E-state index in [1.807, 2.05) is 24.3 Å². The first-order valence-electron chi connectivity index (χ1n) is 7.69. The maximum Gasteiger partial charge on any atom is 0.323 e. The molecule has 6 heteroatoms. The van der Waals surface area contributed by atoms with Crippen LogP contribution < -0.4 is 15.4 Å². The van der Waals surface area contributed by atoms with E-state index in [1.54, 1.807) is 30.5 Å². The number of benzene rings is 2. The predicted octanol–water partition coefficient (Wildman–Crippen LogP) is 4.09. The fraction of sp³-hybridized carbons (Fsp3) is 0.105. The van der Waals surface area contributed by atoms with Crippen molar-refractivity contribution in [1.82, 2.24) is 4.98 Å². The third-order valence-corrected chi connectivity index (χ3v) is 3.73. The summed E-state index contributed by atoms with van der Waals surface area (Å²) in [5, 5.41) is 6.37.